The second-order valence-electron chi connectivity index (χ2n) is 6.21. The molecule has 5 heteroatoms. The fourth-order valence-corrected chi connectivity index (χ4v) is 3.02. The van der Waals surface area contributed by atoms with Gasteiger partial charge in [0, 0.05) is 38.4 Å². The summed E-state index contributed by atoms with van der Waals surface area (Å²) < 4.78 is 0. The van der Waals surface area contributed by atoms with Crippen molar-refractivity contribution in [1.82, 2.24) is 9.80 Å². The number of anilines is 1. The van der Waals surface area contributed by atoms with Crippen LogP contribution in [0.5, 0.6) is 0 Å². The molecule has 2 aromatic carbocycles. The minimum absolute atomic E-state index is 0.188. The van der Waals surface area contributed by atoms with Crippen molar-refractivity contribution in [3.8, 4) is 0 Å². The van der Waals surface area contributed by atoms with Gasteiger partial charge in [-0.15, -0.1) is 0 Å². The van der Waals surface area contributed by atoms with Crippen LogP contribution in [0.1, 0.15) is 15.9 Å². The van der Waals surface area contributed by atoms with Gasteiger partial charge in [-0.25, -0.2) is 0 Å². The second-order valence-corrected chi connectivity index (χ2v) is 6.62. The molecule has 0 unspecified atom stereocenters. The molecule has 3 rings (SSSR count). The first kappa shape index (κ1) is 17.0. The number of hydrogen-bond acceptors (Lipinski definition) is 3. The molecule has 1 fully saturated rings. The van der Waals surface area contributed by atoms with Crippen LogP contribution >= 0.6 is 11.6 Å². The van der Waals surface area contributed by atoms with Crippen LogP contribution in [0.4, 0.5) is 5.69 Å². The topological polar surface area (TPSA) is 35.6 Å². The molecule has 126 valence electrons. The molecule has 0 atom stereocenters. The Kier molecular flexibility index (Phi) is 5.51. The summed E-state index contributed by atoms with van der Waals surface area (Å²) in [6.45, 7) is 5.38. The predicted octanol–water partition coefficient (Wildman–Crippen LogP) is 3.34. The van der Waals surface area contributed by atoms with E-state index in [1.807, 2.05) is 18.2 Å². The molecular weight excluding hydrogens is 322 g/mol. The van der Waals surface area contributed by atoms with Crippen LogP contribution in [0, 0.1) is 0 Å². The number of piperazine rings is 1. The Labute approximate surface area is 148 Å². The van der Waals surface area contributed by atoms with Crippen molar-refractivity contribution < 1.29 is 4.79 Å². The van der Waals surface area contributed by atoms with Gasteiger partial charge in [0.25, 0.3) is 5.91 Å². The number of hydrogen-bond donors (Lipinski definition) is 1. The molecule has 0 saturated carbocycles. The van der Waals surface area contributed by atoms with Gasteiger partial charge in [-0.05, 0) is 36.9 Å². The van der Waals surface area contributed by atoms with Gasteiger partial charge < -0.3 is 10.2 Å². The number of likely N-dealkylation sites (N-methyl/N-ethyl adjacent to an activating group) is 1. The summed E-state index contributed by atoms with van der Waals surface area (Å²) in [6, 6.07) is 15.1. The molecule has 0 aromatic heterocycles. The van der Waals surface area contributed by atoms with Gasteiger partial charge >= 0.3 is 0 Å². The Morgan fingerprint density at radius 3 is 2.38 bits per heavy atom. The lowest BCUT2D eigenvalue weighted by Crippen LogP contribution is -2.43. The highest BCUT2D eigenvalue weighted by Crippen LogP contribution is 2.18. The summed E-state index contributed by atoms with van der Waals surface area (Å²) in [5.74, 6) is -0.188. The summed E-state index contributed by atoms with van der Waals surface area (Å²) >= 11 is 6.06. The first-order valence-corrected chi connectivity index (χ1v) is 8.55. The van der Waals surface area contributed by atoms with Crippen molar-refractivity contribution in [3.63, 3.8) is 0 Å². The average Bonchev–Trinajstić information content (AvgIpc) is 2.59. The Balaban J connectivity index is 1.58. The predicted molar refractivity (Wildman–Crippen MR) is 98.6 cm³/mol. The molecule has 4 nitrogen and oxygen atoms in total. The highest BCUT2D eigenvalue weighted by atomic mass is 35.5. The highest BCUT2D eigenvalue weighted by Gasteiger charge is 2.14. The maximum Gasteiger partial charge on any atom is 0.257 e. The van der Waals surface area contributed by atoms with Gasteiger partial charge in [0.05, 0.1) is 10.6 Å². The zero-order valence-electron chi connectivity index (χ0n) is 13.8. The normalized spacial score (nSPS) is 16.1. The van der Waals surface area contributed by atoms with E-state index in [1.54, 1.807) is 18.2 Å². The maximum atomic E-state index is 12.3. The molecule has 0 aliphatic carbocycles. The number of amides is 1. The van der Waals surface area contributed by atoms with Crippen LogP contribution in [0.2, 0.25) is 5.02 Å². The van der Waals surface area contributed by atoms with Crippen LogP contribution in [0.15, 0.2) is 48.5 Å². The van der Waals surface area contributed by atoms with Crippen LogP contribution < -0.4 is 5.32 Å². The van der Waals surface area contributed by atoms with E-state index in [2.05, 4.69) is 34.3 Å². The molecule has 1 aliphatic heterocycles. The minimum Gasteiger partial charge on any atom is -0.322 e. The standard InChI is InChI=1S/C19H22ClN3O/c1-22-10-12-23(13-11-22)14-15-6-8-16(9-7-15)21-19(24)17-4-2-3-5-18(17)20/h2-9H,10-14H2,1H3,(H,21,24). The van der Waals surface area contributed by atoms with E-state index >= 15 is 0 Å². The Morgan fingerprint density at radius 1 is 1.04 bits per heavy atom. The molecular formula is C19H22ClN3O. The van der Waals surface area contributed by atoms with E-state index in [1.165, 1.54) is 5.56 Å². The van der Waals surface area contributed by atoms with Gasteiger partial charge in [-0.1, -0.05) is 35.9 Å². The lowest BCUT2D eigenvalue weighted by atomic mass is 10.1. The Bertz CT molecular complexity index is 694. The van der Waals surface area contributed by atoms with Crippen LogP contribution in [0.3, 0.4) is 0 Å². The fraction of sp³-hybridized carbons (Fsp3) is 0.316. The second kappa shape index (κ2) is 7.79. The smallest absolute Gasteiger partial charge is 0.257 e. The molecule has 1 heterocycles. The lowest BCUT2D eigenvalue weighted by Gasteiger charge is -2.32. The third-order valence-corrected chi connectivity index (χ3v) is 4.66. The first-order chi connectivity index (χ1) is 11.6. The molecule has 0 radical (unpaired) electrons. The van der Waals surface area contributed by atoms with E-state index in [-0.39, 0.29) is 5.91 Å². The van der Waals surface area contributed by atoms with E-state index in [0.717, 1.165) is 38.4 Å². The monoisotopic (exact) mass is 343 g/mol. The van der Waals surface area contributed by atoms with Crippen LogP contribution in [0.25, 0.3) is 0 Å². The van der Waals surface area contributed by atoms with E-state index in [0.29, 0.717) is 10.6 Å². The largest absolute Gasteiger partial charge is 0.322 e. The van der Waals surface area contributed by atoms with Crippen molar-refractivity contribution in [2.45, 2.75) is 6.54 Å². The number of rotatable bonds is 4. The van der Waals surface area contributed by atoms with Gasteiger partial charge in [0.15, 0.2) is 0 Å². The zero-order chi connectivity index (χ0) is 16.9. The lowest BCUT2D eigenvalue weighted by molar-refractivity contribution is 0.102. The number of nitrogens with one attached hydrogen (secondary N) is 1. The van der Waals surface area contributed by atoms with Crippen LogP contribution in [-0.4, -0.2) is 48.9 Å². The summed E-state index contributed by atoms with van der Waals surface area (Å²) in [4.78, 5) is 17.1. The van der Waals surface area contributed by atoms with Crippen LogP contribution in [-0.2, 0) is 6.54 Å². The van der Waals surface area contributed by atoms with Crippen molar-refractivity contribution >= 4 is 23.2 Å². The summed E-state index contributed by atoms with van der Waals surface area (Å²) in [5, 5.41) is 3.35. The van der Waals surface area contributed by atoms with Gasteiger partial charge in [0.2, 0.25) is 0 Å². The van der Waals surface area contributed by atoms with Crippen molar-refractivity contribution in [1.29, 1.82) is 0 Å². The SMILES string of the molecule is CN1CCN(Cc2ccc(NC(=O)c3ccccc3Cl)cc2)CC1. The Morgan fingerprint density at radius 2 is 1.71 bits per heavy atom. The summed E-state index contributed by atoms with van der Waals surface area (Å²) in [7, 11) is 2.16. The molecule has 2 aromatic rings. The third kappa shape index (κ3) is 4.35. The quantitative estimate of drug-likeness (QED) is 0.924. The molecule has 1 saturated heterocycles. The minimum atomic E-state index is -0.188. The fourth-order valence-electron chi connectivity index (χ4n) is 2.80. The van der Waals surface area contributed by atoms with E-state index < -0.39 is 0 Å². The van der Waals surface area contributed by atoms with E-state index in [9.17, 15) is 4.79 Å². The number of halogens is 1. The molecule has 1 N–H and O–H groups in total. The van der Waals surface area contributed by atoms with Crippen molar-refractivity contribution in [2.75, 3.05) is 38.5 Å². The van der Waals surface area contributed by atoms with Crippen molar-refractivity contribution in [3.05, 3.63) is 64.7 Å². The number of carbonyl (C=O) groups is 1. The molecule has 0 spiro atoms. The highest BCUT2D eigenvalue weighted by molar-refractivity contribution is 6.34. The maximum absolute atomic E-state index is 12.3. The zero-order valence-corrected chi connectivity index (χ0v) is 14.6. The van der Waals surface area contributed by atoms with Gasteiger partial charge in [0.1, 0.15) is 0 Å². The van der Waals surface area contributed by atoms with Crippen molar-refractivity contribution in [2.24, 2.45) is 0 Å². The average molecular weight is 344 g/mol. The third-order valence-electron chi connectivity index (χ3n) is 4.33. The molecule has 1 amide bonds. The first-order valence-electron chi connectivity index (χ1n) is 8.17. The molecule has 0 bridgehead atoms. The van der Waals surface area contributed by atoms with Gasteiger partial charge in [-0.2, -0.15) is 0 Å². The Hall–Kier alpha value is -1.88. The van der Waals surface area contributed by atoms with Gasteiger partial charge in [-0.3, -0.25) is 9.69 Å². The summed E-state index contributed by atoms with van der Waals surface area (Å²) in [5.41, 5.74) is 2.53. The van der Waals surface area contributed by atoms with E-state index in [4.69, 9.17) is 11.6 Å². The molecule has 24 heavy (non-hydrogen) atoms. The summed E-state index contributed by atoms with van der Waals surface area (Å²) in [6.07, 6.45) is 0. The number of nitrogens with zero attached hydrogens (tertiary/aromatic N) is 2. The number of benzene rings is 2. The number of carbonyl (C=O) groups excluding carboxylic acids is 1. The molecule has 1 aliphatic rings.